The molecule has 1 saturated carbocycles. The molecule has 0 radical (unpaired) electrons. The lowest BCUT2D eigenvalue weighted by atomic mass is 9.93. The first-order chi connectivity index (χ1) is 18.0. The number of rotatable bonds is 12. The van der Waals surface area contributed by atoms with Crippen LogP contribution in [0.15, 0.2) is 60.7 Å². The molecular weight excluding hydrogens is 470 g/mol. The smallest absolute Gasteiger partial charge is 0.303 e. The topological polar surface area (TPSA) is 85.3 Å². The lowest BCUT2D eigenvalue weighted by Gasteiger charge is -2.35. The Kier molecular flexibility index (Phi) is 9.88. The minimum absolute atomic E-state index is 0.103. The number of ketones is 1. The van der Waals surface area contributed by atoms with Crippen molar-refractivity contribution in [2.24, 2.45) is 5.92 Å². The third-order valence-corrected chi connectivity index (χ3v) is 7.23. The standard InChI is InChI=1S/C30H37NO6/c1-35-25-8-6-7-24(19-25)23-13-11-22(12-14-23)21-37-28-20-27(32)30(31-15-17-36-18-16-31)26(28)9-4-2-3-5-10-29(33)34/h2-3,6-8,11-14,19,26,28,30H,4-5,9-10,15-18,20-21H2,1H3,(H,33,34)/b3-2-/t26-,28-,30+/m0/s1. The van der Waals surface area contributed by atoms with Gasteiger partial charge in [0.15, 0.2) is 5.78 Å². The highest BCUT2D eigenvalue weighted by atomic mass is 16.5. The average Bonchev–Trinajstić information content (AvgIpc) is 3.24. The summed E-state index contributed by atoms with van der Waals surface area (Å²) in [6.45, 7) is 3.28. The number of carbonyl (C=O) groups is 2. The van der Waals surface area contributed by atoms with Crippen molar-refractivity contribution >= 4 is 11.8 Å². The molecule has 37 heavy (non-hydrogen) atoms. The van der Waals surface area contributed by atoms with E-state index in [1.807, 2.05) is 30.4 Å². The summed E-state index contributed by atoms with van der Waals surface area (Å²) in [5.41, 5.74) is 3.28. The molecule has 1 heterocycles. The van der Waals surface area contributed by atoms with Gasteiger partial charge in [-0.3, -0.25) is 14.5 Å². The Hall–Kier alpha value is -3.00. The zero-order chi connectivity index (χ0) is 26.0. The van der Waals surface area contributed by atoms with Crippen LogP contribution in [0.25, 0.3) is 11.1 Å². The first-order valence-electron chi connectivity index (χ1n) is 13.1. The number of ether oxygens (including phenoxy) is 3. The number of benzene rings is 2. The largest absolute Gasteiger partial charge is 0.497 e. The van der Waals surface area contributed by atoms with Crippen LogP contribution < -0.4 is 4.74 Å². The van der Waals surface area contributed by atoms with Crippen molar-refractivity contribution in [2.75, 3.05) is 33.4 Å². The SMILES string of the molecule is COc1cccc(-c2ccc(CO[C@H]3CC(=O)[C@H](N4CCOCC4)[C@H]3CC/C=C\CCC(=O)O)cc2)c1. The van der Waals surface area contributed by atoms with Gasteiger partial charge < -0.3 is 19.3 Å². The van der Waals surface area contributed by atoms with Gasteiger partial charge in [-0.1, -0.05) is 48.6 Å². The number of Topliss-reactive ketones (excluding diaryl/α,β-unsaturated/α-hetero) is 1. The summed E-state index contributed by atoms with van der Waals surface area (Å²) in [5, 5.41) is 8.82. The van der Waals surface area contributed by atoms with Gasteiger partial charge in [0.1, 0.15) is 5.75 Å². The van der Waals surface area contributed by atoms with Crippen LogP contribution in [0.2, 0.25) is 0 Å². The predicted molar refractivity (Wildman–Crippen MR) is 142 cm³/mol. The highest BCUT2D eigenvalue weighted by Gasteiger charge is 2.45. The van der Waals surface area contributed by atoms with Crippen LogP contribution in [0, 0.1) is 5.92 Å². The van der Waals surface area contributed by atoms with Crippen LogP contribution in [0.5, 0.6) is 5.75 Å². The number of hydrogen-bond donors (Lipinski definition) is 1. The molecule has 198 valence electrons. The van der Waals surface area contributed by atoms with Gasteiger partial charge in [-0.05, 0) is 48.1 Å². The van der Waals surface area contributed by atoms with E-state index in [1.54, 1.807) is 7.11 Å². The Balaban J connectivity index is 1.39. The molecule has 0 spiro atoms. The van der Waals surface area contributed by atoms with Crippen molar-refractivity contribution in [1.82, 2.24) is 4.90 Å². The van der Waals surface area contributed by atoms with Crippen LogP contribution in [0.1, 0.15) is 37.7 Å². The summed E-state index contributed by atoms with van der Waals surface area (Å²) >= 11 is 0. The second kappa shape index (κ2) is 13.5. The summed E-state index contributed by atoms with van der Waals surface area (Å²) in [6.07, 6.45) is 6.55. The predicted octanol–water partition coefficient (Wildman–Crippen LogP) is 4.74. The lowest BCUT2D eigenvalue weighted by Crippen LogP contribution is -2.49. The van der Waals surface area contributed by atoms with E-state index in [0.29, 0.717) is 32.7 Å². The number of morpholine rings is 1. The molecule has 7 nitrogen and oxygen atoms in total. The number of carboxylic acid groups (broad SMARTS) is 1. The Bertz CT molecular complexity index is 1060. The monoisotopic (exact) mass is 507 g/mol. The highest BCUT2D eigenvalue weighted by Crippen LogP contribution is 2.35. The van der Waals surface area contributed by atoms with Gasteiger partial charge in [-0.15, -0.1) is 0 Å². The molecule has 1 N–H and O–H groups in total. The molecule has 1 aliphatic carbocycles. The normalized spacial score (nSPS) is 22.5. The van der Waals surface area contributed by atoms with Crippen LogP contribution in [-0.4, -0.2) is 67.3 Å². The zero-order valence-corrected chi connectivity index (χ0v) is 21.5. The maximum absolute atomic E-state index is 13.1. The van der Waals surface area contributed by atoms with Crippen LogP contribution in [-0.2, 0) is 25.7 Å². The molecular formula is C30H37NO6. The third kappa shape index (κ3) is 7.51. The molecule has 0 unspecified atom stereocenters. The molecule has 2 fully saturated rings. The van der Waals surface area contributed by atoms with E-state index >= 15 is 0 Å². The second-order valence-corrected chi connectivity index (χ2v) is 9.69. The molecule has 2 aliphatic rings. The van der Waals surface area contributed by atoms with Gasteiger partial charge in [-0.25, -0.2) is 0 Å². The Labute approximate surface area is 219 Å². The van der Waals surface area contributed by atoms with Crippen LogP contribution in [0.4, 0.5) is 0 Å². The third-order valence-electron chi connectivity index (χ3n) is 7.23. The average molecular weight is 508 g/mol. The van der Waals surface area contributed by atoms with E-state index in [4.69, 9.17) is 19.3 Å². The van der Waals surface area contributed by atoms with Crippen molar-refractivity contribution in [2.45, 2.75) is 50.9 Å². The van der Waals surface area contributed by atoms with Gasteiger partial charge in [0, 0.05) is 31.8 Å². The number of nitrogens with zero attached hydrogens (tertiary/aromatic N) is 1. The number of aliphatic carboxylic acids is 1. The fourth-order valence-electron chi connectivity index (χ4n) is 5.30. The van der Waals surface area contributed by atoms with Gasteiger partial charge in [0.05, 0.1) is 39.1 Å². The molecule has 1 saturated heterocycles. The zero-order valence-electron chi connectivity index (χ0n) is 21.5. The van der Waals surface area contributed by atoms with E-state index in [9.17, 15) is 9.59 Å². The number of methoxy groups -OCH3 is 1. The van der Waals surface area contributed by atoms with Gasteiger partial charge in [0.2, 0.25) is 0 Å². The van der Waals surface area contributed by atoms with E-state index in [1.165, 1.54) is 0 Å². The molecule has 4 rings (SSSR count). The van der Waals surface area contributed by atoms with E-state index in [2.05, 4.69) is 35.2 Å². The molecule has 2 aromatic carbocycles. The Morgan fingerprint density at radius 1 is 1.08 bits per heavy atom. The summed E-state index contributed by atoms with van der Waals surface area (Å²) in [4.78, 5) is 26.1. The minimum atomic E-state index is -0.789. The molecule has 7 heteroatoms. The molecule has 0 bridgehead atoms. The van der Waals surface area contributed by atoms with E-state index in [0.717, 1.165) is 48.4 Å². The Morgan fingerprint density at radius 2 is 1.84 bits per heavy atom. The van der Waals surface area contributed by atoms with Gasteiger partial charge in [-0.2, -0.15) is 0 Å². The molecule has 2 aromatic rings. The highest BCUT2D eigenvalue weighted by molar-refractivity contribution is 5.87. The maximum atomic E-state index is 13.1. The summed E-state index contributed by atoms with van der Waals surface area (Å²) < 4.78 is 17.2. The molecule has 3 atom stereocenters. The van der Waals surface area contributed by atoms with Crippen molar-refractivity contribution in [3.63, 3.8) is 0 Å². The number of carboxylic acids is 1. The minimum Gasteiger partial charge on any atom is -0.497 e. The van der Waals surface area contributed by atoms with Crippen molar-refractivity contribution in [3.05, 3.63) is 66.2 Å². The quantitative estimate of drug-likeness (QED) is 0.416. The van der Waals surface area contributed by atoms with Crippen molar-refractivity contribution < 1.29 is 28.9 Å². The number of hydrogen-bond acceptors (Lipinski definition) is 6. The first kappa shape index (κ1) is 27.0. The second-order valence-electron chi connectivity index (χ2n) is 9.69. The van der Waals surface area contributed by atoms with Crippen LogP contribution >= 0.6 is 0 Å². The Morgan fingerprint density at radius 3 is 2.57 bits per heavy atom. The van der Waals surface area contributed by atoms with Crippen molar-refractivity contribution in [3.8, 4) is 16.9 Å². The van der Waals surface area contributed by atoms with Gasteiger partial charge in [0.25, 0.3) is 0 Å². The van der Waals surface area contributed by atoms with E-state index < -0.39 is 5.97 Å². The number of allylic oxidation sites excluding steroid dienone is 2. The summed E-state index contributed by atoms with van der Waals surface area (Å²) in [7, 11) is 1.67. The van der Waals surface area contributed by atoms with Gasteiger partial charge >= 0.3 is 5.97 Å². The number of carbonyl (C=O) groups excluding carboxylic acids is 1. The molecule has 1 aliphatic heterocycles. The maximum Gasteiger partial charge on any atom is 0.303 e. The van der Waals surface area contributed by atoms with Crippen molar-refractivity contribution in [1.29, 1.82) is 0 Å². The summed E-state index contributed by atoms with van der Waals surface area (Å²) in [6, 6.07) is 16.2. The molecule has 0 aromatic heterocycles. The van der Waals surface area contributed by atoms with E-state index in [-0.39, 0.29) is 30.3 Å². The fraction of sp³-hybridized carbons (Fsp3) is 0.467. The lowest BCUT2D eigenvalue weighted by molar-refractivity contribution is -0.136. The van der Waals surface area contributed by atoms with Crippen LogP contribution in [0.3, 0.4) is 0 Å². The summed E-state index contributed by atoms with van der Waals surface area (Å²) in [5.74, 6) is 0.391. The molecule has 0 amide bonds. The first-order valence-corrected chi connectivity index (χ1v) is 13.1. The fourth-order valence-corrected chi connectivity index (χ4v) is 5.30.